The molecule has 2 heterocycles. The minimum Gasteiger partial charge on any atom is -0.396 e. The molecule has 2 N–H and O–H groups in total. The monoisotopic (exact) mass is 498 g/mol. The van der Waals surface area contributed by atoms with Gasteiger partial charge in [0.15, 0.2) is 5.82 Å². The van der Waals surface area contributed by atoms with Crippen molar-refractivity contribution in [2.24, 2.45) is 0 Å². The van der Waals surface area contributed by atoms with E-state index in [4.69, 9.17) is 5.73 Å². The van der Waals surface area contributed by atoms with Crippen LogP contribution in [0.3, 0.4) is 0 Å². The van der Waals surface area contributed by atoms with Gasteiger partial charge in [-0.15, -0.1) is 6.58 Å². The first-order valence-corrected chi connectivity index (χ1v) is 12.4. The van der Waals surface area contributed by atoms with E-state index in [2.05, 4.69) is 11.6 Å². The summed E-state index contributed by atoms with van der Waals surface area (Å²) >= 11 is 0. The SMILES string of the molecule is C=CCCC1CN(S(=O)(=O)C(F)(F)F)Cc2c(C3CC3)cccc2N1Cc1cc(N)c(F)cn1. The van der Waals surface area contributed by atoms with Gasteiger partial charge in [-0.3, -0.25) is 4.98 Å². The normalized spacial score (nSPS) is 19.5. The first-order chi connectivity index (χ1) is 16.0. The van der Waals surface area contributed by atoms with Crippen molar-refractivity contribution in [2.45, 2.75) is 56.2 Å². The summed E-state index contributed by atoms with van der Waals surface area (Å²) in [5.41, 5.74) is 2.72. The molecule has 34 heavy (non-hydrogen) atoms. The van der Waals surface area contributed by atoms with E-state index < -0.39 is 27.4 Å². The molecule has 1 unspecified atom stereocenters. The van der Waals surface area contributed by atoms with Crippen molar-refractivity contribution in [3.05, 3.63) is 65.8 Å². The Morgan fingerprint density at radius 1 is 1.26 bits per heavy atom. The van der Waals surface area contributed by atoms with Gasteiger partial charge in [-0.05, 0) is 54.9 Å². The predicted molar refractivity (Wildman–Crippen MR) is 122 cm³/mol. The van der Waals surface area contributed by atoms with E-state index in [1.54, 1.807) is 12.1 Å². The fraction of sp³-hybridized carbons (Fsp3) is 0.435. The standard InChI is InChI=1S/C23H26F4N4O2S/c1-2-3-5-17-13-30(34(32,33)23(25,26)27)14-19-18(15-8-9-15)6-4-7-22(19)31(17)12-16-10-21(28)20(24)11-29-16/h2,4,6-7,10-11,15,17H,1,3,5,8-9,12-14H2,(H2,28,29). The zero-order chi connectivity index (χ0) is 24.7. The van der Waals surface area contributed by atoms with Crippen molar-refractivity contribution in [2.75, 3.05) is 17.2 Å². The molecule has 1 aromatic carbocycles. The lowest BCUT2D eigenvalue weighted by Gasteiger charge is -2.34. The van der Waals surface area contributed by atoms with Crippen molar-refractivity contribution in [1.82, 2.24) is 9.29 Å². The van der Waals surface area contributed by atoms with Crippen LogP contribution in [0.25, 0.3) is 0 Å². The van der Waals surface area contributed by atoms with Gasteiger partial charge in [0, 0.05) is 24.8 Å². The maximum Gasteiger partial charge on any atom is 0.511 e. The van der Waals surface area contributed by atoms with Gasteiger partial charge in [-0.1, -0.05) is 18.2 Å². The van der Waals surface area contributed by atoms with Crippen LogP contribution in [0.5, 0.6) is 0 Å². The Morgan fingerprint density at radius 3 is 2.62 bits per heavy atom. The first-order valence-electron chi connectivity index (χ1n) is 11.0. The smallest absolute Gasteiger partial charge is 0.396 e. The number of allylic oxidation sites excluding steroid dienone is 1. The summed E-state index contributed by atoms with van der Waals surface area (Å²) in [6.07, 6.45) is 5.29. The van der Waals surface area contributed by atoms with Gasteiger partial charge in [0.25, 0.3) is 0 Å². The molecule has 2 aliphatic rings. The van der Waals surface area contributed by atoms with Crippen LogP contribution in [0.15, 0.2) is 43.1 Å². The molecule has 0 radical (unpaired) electrons. The van der Waals surface area contributed by atoms with Crippen molar-refractivity contribution in [3.63, 3.8) is 0 Å². The summed E-state index contributed by atoms with van der Waals surface area (Å²) in [7, 11) is -5.56. The number of anilines is 2. The third kappa shape index (κ3) is 4.76. The molecule has 1 saturated carbocycles. The van der Waals surface area contributed by atoms with E-state index in [0.717, 1.165) is 24.6 Å². The predicted octanol–water partition coefficient (Wildman–Crippen LogP) is 4.69. The summed E-state index contributed by atoms with van der Waals surface area (Å²) < 4.78 is 80.0. The minimum absolute atomic E-state index is 0.0873. The third-order valence-electron chi connectivity index (χ3n) is 6.31. The van der Waals surface area contributed by atoms with Gasteiger partial charge >= 0.3 is 15.5 Å². The number of hydrogen-bond donors (Lipinski definition) is 1. The van der Waals surface area contributed by atoms with E-state index in [0.29, 0.717) is 34.1 Å². The lowest BCUT2D eigenvalue weighted by atomic mass is 9.99. The number of sulfonamides is 1. The largest absolute Gasteiger partial charge is 0.511 e. The lowest BCUT2D eigenvalue weighted by Crippen LogP contribution is -2.46. The summed E-state index contributed by atoms with van der Waals surface area (Å²) in [4.78, 5) is 5.97. The Morgan fingerprint density at radius 2 is 2.00 bits per heavy atom. The molecule has 2 aromatic rings. The number of fused-ring (bicyclic) bond motifs is 1. The maximum atomic E-state index is 13.7. The van der Waals surface area contributed by atoms with Gasteiger partial charge in [0.2, 0.25) is 0 Å². The highest BCUT2D eigenvalue weighted by atomic mass is 32.2. The molecule has 1 aromatic heterocycles. The molecule has 1 atom stereocenters. The molecular weight excluding hydrogens is 472 g/mol. The van der Waals surface area contributed by atoms with Gasteiger partial charge in [0.1, 0.15) is 0 Å². The quantitative estimate of drug-likeness (QED) is 0.443. The topological polar surface area (TPSA) is 79.5 Å². The highest BCUT2D eigenvalue weighted by Gasteiger charge is 2.51. The average molecular weight is 499 g/mol. The number of nitrogens with two attached hydrogens (primary N) is 1. The van der Waals surface area contributed by atoms with Crippen LogP contribution in [0.4, 0.5) is 28.9 Å². The van der Waals surface area contributed by atoms with Crippen molar-refractivity contribution in [3.8, 4) is 0 Å². The highest BCUT2D eigenvalue weighted by Crippen LogP contribution is 2.46. The molecule has 0 spiro atoms. The van der Waals surface area contributed by atoms with Crippen LogP contribution in [-0.2, 0) is 23.1 Å². The van der Waals surface area contributed by atoms with E-state index >= 15 is 0 Å². The Kier molecular flexibility index (Phi) is 6.61. The Balaban J connectivity index is 1.84. The fourth-order valence-electron chi connectivity index (χ4n) is 4.44. The zero-order valence-corrected chi connectivity index (χ0v) is 19.2. The molecule has 0 bridgehead atoms. The molecule has 184 valence electrons. The summed E-state index contributed by atoms with van der Waals surface area (Å²) in [6.45, 7) is 3.10. The zero-order valence-electron chi connectivity index (χ0n) is 18.4. The first kappa shape index (κ1) is 24.5. The number of aromatic nitrogens is 1. The summed E-state index contributed by atoms with van der Waals surface area (Å²) in [5, 5.41) is 0. The van der Waals surface area contributed by atoms with Crippen molar-refractivity contribution >= 4 is 21.4 Å². The summed E-state index contributed by atoms with van der Waals surface area (Å²) in [6, 6.07) is 6.27. The second kappa shape index (κ2) is 9.18. The average Bonchev–Trinajstić information content (AvgIpc) is 3.62. The Labute approximate surface area is 196 Å². The van der Waals surface area contributed by atoms with Crippen LogP contribution in [0.2, 0.25) is 0 Å². The Hall–Kier alpha value is -2.66. The van der Waals surface area contributed by atoms with Gasteiger partial charge in [-0.2, -0.15) is 17.5 Å². The number of nitrogens with zero attached hydrogens (tertiary/aromatic N) is 3. The second-order valence-corrected chi connectivity index (χ2v) is 10.6. The molecule has 0 amide bonds. The van der Waals surface area contributed by atoms with Crippen LogP contribution >= 0.6 is 0 Å². The van der Waals surface area contributed by atoms with Gasteiger partial charge in [-0.25, -0.2) is 12.8 Å². The number of hydrogen-bond acceptors (Lipinski definition) is 5. The van der Waals surface area contributed by atoms with Crippen LogP contribution in [-0.4, -0.2) is 35.8 Å². The van der Waals surface area contributed by atoms with Crippen LogP contribution in [0, 0.1) is 5.82 Å². The number of rotatable bonds is 7. The van der Waals surface area contributed by atoms with E-state index in [1.807, 2.05) is 17.0 Å². The number of halogens is 4. The molecule has 6 nitrogen and oxygen atoms in total. The van der Waals surface area contributed by atoms with E-state index in [1.165, 1.54) is 6.07 Å². The van der Waals surface area contributed by atoms with Gasteiger partial charge in [0.05, 0.1) is 24.1 Å². The Bertz CT molecular complexity index is 1180. The van der Waals surface area contributed by atoms with Crippen LogP contribution < -0.4 is 10.6 Å². The highest BCUT2D eigenvalue weighted by molar-refractivity contribution is 7.89. The number of nitrogen functional groups attached to an aromatic ring is 1. The molecule has 1 fully saturated rings. The van der Waals surface area contributed by atoms with Gasteiger partial charge < -0.3 is 10.6 Å². The van der Waals surface area contributed by atoms with Crippen molar-refractivity contribution in [1.29, 1.82) is 0 Å². The molecular formula is C23H26F4N4O2S. The van der Waals surface area contributed by atoms with Crippen molar-refractivity contribution < 1.29 is 26.0 Å². The minimum atomic E-state index is -5.56. The third-order valence-corrected chi connectivity index (χ3v) is 7.86. The maximum absolute atomic E-state index is 13.7. The van der Waals surface area contributed by atoms with E-state index in [-0.39, 0.29) is 31.2 Å². The molecule has 0 saturated heterocycles. The lowest BCUT2D eigenvalue weighted by molar-refractivity contribution is -0.0492. The molecule has 11 heteroatoms. The number of alkyl halides is 3. The van der Waals surface area contributed by atoms with Crippen LogP contribution in [0.1, 0.15) is 48.4 Å². The number of pyridine rings is 1. The fourth-order valence-corrected chi connectivity index (χ4v) is 5.40. The molecule has 4 rings (SSSR count). The molecule has 1 aliphatic heterocycles. The molecule has 1 aliphatic carbocycles. The van der Waals surface area contributed by atoms with E-state index in [9.17, 15) is 26.0 Å². The number of benzene rings is 1. The summed E-state index contributed by atoms with van der Waals surface area (Å²) in [5.74, 6) is -0.474. The second-order valence-electron chi connectivity index (χ2n) is 8.71.